The lowest BCUT2D eigenvalue weighted by Gasteiger charge is -2.06. The minimum Gasteiger partial charge on any atom is -0.496 e. The van der Waals surface area contributed by atoms with E-state index >= 15 is 0 Å². The molecule has 0 atom stereocenters. The number of methoxy groups -OCH3 is 1. The van der Waals surface area contributed by atoms with E-state index in [1.807, 2.05) is 42.5 Å². The van der Waals surface area contributed by atoms with E-state index in [-0.39, 0.29) is 12.3 Å². The summed E-state index contributed by atoms with van der Waals surface area (Å²) in [5, 5.41) is 12.5. The summed E-state index contributed by atoms with van der Waals surface area (Å²) in [5.74, 6) is 0.751. The number of H-pyrrole nitrogens is 1. The molecule has 2 aromatic heterocycles. The molecule has 0 saturated heterocycles. The maximum absolute atomic E-state index is 12.3. The highest BCUT2D eigenvalue weighted by Crippen LogP contribution is 2.22. The molecule has 4 aromatic rings. The van der Waals surface area contributed by atoms with Gasteiger partial charge in [-0.2, -0.15) is 0 Å². The zero-order chi connectivity index (χ0) is 19.3. The van der Waals surface area contributed by atoms with Gasteiger partial charge >= 0.3 is 0 Å². The average Bonchev–Trinajstić information content (AvgIpc) is 3.35. The summed E-state index contributed by atoms with van der Waals surface area (Å²) in [6.45, 7) is 0. The smallest absolute Gasteiger partial charge is 0.230 e. The molecule has 2 N–H and O–H groups in total. The molecule has 142 valence electrons. The fourth-order valence-electron chi connectivity index (χ4n) is 3.00. The molecule has 4 rings (SSSR count). The van der Waals surface area contributed by atoms with E-state index < -0.39 is 0 Å². The second-order valence-electron chi connectivity index (χ2n) is 6.29. The topological polar surface area (TPSA) is 92.8 Å². The van der Waals surface area contributed by atoms with Gasteiger partial charge in [0.05, 0.1) is 30.9 Å². The summed E-state index contributed by atoms with van der Waals surface area (Å²) in [4.78, 5) is 19.5. The highest BCUT2D eigenvalue weighted by Gasteiger charge is 2.11. The first kappa shape index (κ1) is 18.1. The number of aromatic amines is 1. The van der Waals surface area contributed by atoms with Gasteiger partial charge in [-0.3, -0.25) is 4.79 Å². The van der Waals surface area contributed by atoms with Gasteiger partial charge in [0.2, 0.25) is 11.0 Å². The Morgan fingerprint density at radius 3 is 2.96 bits per heavy atom. The van der Waals surface area contributed by atoms with Crippen molar-refractivity contribution in [1.29, 1.82) is 0 Å². The van der Waals surface area contributed by atoms with E-state index in [9.17, 15) is 4.79 Å². The number of benzene rings is 2. The third kappa shape index (κ3) is 4.17. The molecule has 0 aliphatic carbocycles. The number of nitrogens with one attached hydrogen (secondary N) is 2. The van der Waals surface area contributed by atoms with E-state index in [1.54, 1.807) is 13.4 Å². The molecule has 8 heteroatoms. The summed E-state index contributed by atoms with van der Waals surface area (Å²) in [6, 6.07) is 13.7. The van der Waals surface area contributed by atoms with Crippen molar-refractivity contribution in [1.82, 2.24) is 20.2 Å². The molecule has 0 aliphatic heterocycles. The van der Waals surface area contributed by atoms with Crippen LogP contribution in [0.2, 0.25) is 0 Å². The van der Waals surface area contributed by atoms with Gasteiger partial charge in [-0.1, -0.05) is 35.6 Å². The van der Waals surface area contributed by atoms with Crippen LogP contribution in [0, 0.1) is 0 Å². The molecular weight excluding hydrogens is 374 g/mol. The van der Waals surface area contributed by atoms with Crippen LogP contribution in [0.25, 0.3) is 11.0 Å². The van der Waals surface area contributed by atoms with Crippen LogP contribution in [0.5, 0.6) is 5.75 Å². The molecule has 0 fully saturated rings. The SMILES string of the molecule is COc1ccccc1CCc1nnc(NC(=O)Cc2ccc3nc[nH]c3c2)s1. The zero-order valence-electron chi connectivity index (χ0n) is 15.3. The van der Waals surface area contributed by atoms with Gasteiger partial charge in [-0.25, -0.2) is 4.98 Å². The Labute approximate surface area is 165 Å². The summed E-state index contributed by atoms with van der Waals surface area (Å²) in [5.41, 5.74) is 3.84. The molecule has 1 amide bonds. The lowest BCUT2D eigenvalue weighted by Crippen LogP contribution is -2.14. The number of amides is 1. The predicted molar refractivity (Wildman–Crippen MR) is 109 cm³/mol. The number of para-hydroxylation sites is 1. The van der Waals surface area contributed by atoms with Gasteiger partial charge in [-0.15, -0.1) is 10.2 Å². The van der Waals surface area contributed by atoms with Gasteiger partial charge < -0.3 is 15.0 Å². The summed E-state index contributed by atoms with van der Waals surface area (Å²) in [6.07, 6.45) is 3.45. The van der Waals surface area contributed by atoms with Crippen LogP contribution < -0.4 is 10.1 Å². The Morgan fingerprint density at radius 1 is 1.18 bits per heavy atom. The van der Waals surface area contributed by atoms with Crippen LogP contribution >= 0.6 is 11.3 Å². The normalized spacial score (nSPS) is 10.9. The number of carbonyl (C=O) groups is 1. The van der Waals surface area contributed by atoms with Crippen molar-refractivity contribution in [3.05, 3.63) is 64.9 Å². The van der Waals surface area contributed by atoms with Crippen LogP contribution in [-0.4, -0.2) is 33.2 Å². The fourth-order valence-corrected chi connectivity index (χ4v) is 3.75. The standard InChI is InChI=1S/C20H19N5O2S/c1-27-17-5-3-2-4-14(17)7-9-19-24-25-20(28-19)23-18(26)11-13-6-8-15-16(10-13)22-12-21-15/h2-6,8,10,12H,7,9,11H2,1H3,(H,21,22)(H,23,25,26). The molecular formula is C20H19N5O2S. The van der Waals surface area contributed by atoms with Crippen molar-refractivity contribution in [2.45, 2.75) is 19.3 Å². The second-order valence-corrected chi connectivity index (χ2v) is 7.35. The van der Waals surface area contributed by atoms with Crippen LogP contribution in [0.1, 0.15) is 16.1 Å². The monoisotopic (exact) mass is 393 g/mol. The molecule has 28 heavy (non-hydrogen) atoms. The molecule has 0 unspecified atom stereocenters. The highest BCUT2D eigenvalue weighted by atomic mass is 32.1. The van der Waals surface area contributed by atoms with Crippen LogP contribution in [0.3, 0.4) is 0 Å². The first-order chi connectivity index (χ1) is 13.7. The summed E-state index contributed by atoms with van der Waals surface area (Å²) in [7, 11) is 1.67. The third-order valence-corrected chi connectivity index (χ3v) is 5.26. The Balaban J connectivity index is 1.34. The van der Waals surface area contributed by atoms with Crippen molar-refractivity contribution in [3.63, 3.8) is 0 Å². The maximum Gasteiger partial charge on any atom is 0.230 e. The number of hydrogen-bond donors (Lipinski definition) is 2. The van der Waals surface area contributed by atoms with Crippen molar-refractivity contribution in [2.24, 2.45) is 0 Å². The third-order valence-electron chi connectivity index (χ3n) is 4.36. The maximum atomic E-state index is 12.3. The largest absolute Gasteiger partial charge is 0.496 e. The van der Waals surface area contributed by atoms with Gasteiger partial charge in [0.1, 0.15) is 10.8 Å². The Kier molecular flexibility index (Phi) is 5.29. The van der Waals surface area contributed by atoms with Gasteiger partial charge in [0, 0.05) is 6.42 Å². The lowest BCUT2D eigenvalue weighted by molar-refractivity contribution is -0.115. The Morgan fingerprint density at radius 2 is 2.07 bits per heavy atom. The number of carbonyl (C=O) groups excluding carboxylic acids is 1. The van der Waals surface area contributed by atoms with Gasteiger partial charge in [-0.05, 0) is 35.7 Å². The van der Waals surface area contributed by atoms with Crippen molar-refractivity contribution < 1.29 is 9.53 Å². The number of hydrogen-bond acceptors (Lipinski definition) is 6. The number of anilines is 1. The Bertz CT molecular complexity index is 1100. The van der Waals surface area contributed by atoms with E-state index in [0.717, 1.165) is 45.8 Å². The number of imidazole rings is 1. The first-order valence-corrected chi connectivity index (χ1v) is 9.69. The van der Waals surface area contributed by atoms with E-state index in [2.05, 4.69) is 25.5 Å². The number of aryl methyl sites for hydroxylation is 2. The zero-order valence-corrected chi connectivity index (χ0v) is 16.1. The average molecular weight is 393 g/mol. The summed E-state index contributed by atoms with van der Waals surface area (Å²) >= 11 is 1.40. The lowest BCUT2D eigenvalue weighted by atomic mass is 10.1. The quantitative estimate of drug-likeness (QED) is 0.502. The van der Waals surface area contributed by atoms with Crippen molar-refractivity contribution >= 4 is 33.4 Å². The minimum absolute atomic E-state index is 0.119. The predicted octanol–water partition coefficient (Wildman–Crippen LogP) is 3.39. The van der Waals surface area contributed by atoms with Gasteiger partial charge in [0.15, 0.2) is 0 Å². The summed E-state index contributed by atoms with van der Waals surface area (Å²) < 4.78 is 5.37. The number of nitrogens with zero attached hydrogens (tertiary/aromatic N) is 3. The van der Waals surface area contributed by atoms with E-state index in [0.29, 0.717) is 5.13 Å². The van der Waals surface area contributed by atoms with Gasteiger partial charge in [0.25, 0.3) is 0 Å². The molecule has 0 saturated carbocycles. The fraction of sp³-hybridized carbons (Fsp3) is 0.200. The molecule has 7 nitrogen and oxygen atoms in total. The number of aromatic nitrogens is 4. The Hall–Kier alpha value is -3.26. The molecule has 0 aliphatic rings. The highest BCUT2D eigenvalue weighted by molar-refractivity contribution is 7.15. The molecule has 2 aromatic carbocycles. The van der Waals surface area contributed by atoms with Crippen LogP contribution in [-0.2, 0) is 24.1 Å². The number of ether oxygens (including phenoxy) is 1. The minimum atomic E-state index is -0.119. The van der Waals surface area contributed by atoms with E-state index in [4.69, 9.17) is 4.74 Å². The molecule has 0 bridgehead atoms. The van der Waals surface area contributed by atoms with Crippen LogP contribution in [0.4, 0.5) is 5.13 Å². The number of rotatable bonds is 7. The van der Waals surface area contributed by atoms with E-state index in [1.165, 1.54) is 11.3 Å². The van der Waals surface area contributed by atoms with Crippen molar-refractivity contribution in [3.8, 4) is 5.75 Å². The number of fused-ring (bicyclic) bond motifs is 1. The molecule has 0 radical (unpaired) electrons. The van der Waals surface area contributed by atoms with Crippen molar-refractivity contribution in [2.75, 3.05) is 12.4 Å². The first-order valence-electron chi connectivity index (χ1n) is 8.87. The van der Waals surface area contributed by atoms with Crippen LogP contribution in [0.15, 0.2) is 48.8 Å². The molecule has 0 spiro atoms. The second kappa shape index (κ2) is 8.18. The molecule has 2 heterocycles.